The third-order valence-electron chi connectivity index (χ3n) is 2.83. The Bertz CT molecular complexity index is 676. The second-order valence-electron chi connectivity index (χ2n) is 4.12. The van der Waals surface area contributed by atoms with Gasteiger partial charge in [-0.15, -0.1) is 22.7 Å². The minimum absolute atomic E-state index is 0.230. The minimum Gasteiger partial charge on any atom is -0.365 e. The Morgan fingerprint density at radius 1 is 1.35 bits per heavy atom. The van der Waals surface area contributed by atoms with Crippen LogP contribution in [0, 0.1) is 6.92 Å². The standard InChI is InChI=1S/C13H13BrN2O2S2/c1-3-7-6(2)19-13(10(7)11(15)17)16-12(18)8-4-5-9(14)20-8/h4-5H,3H2,1-2H3,(H2,15,17)(H,16,18). The molecule has 2 aromatic rings. The van der Waals surface area contributed by atoms with Crippen LogP contribution in [0.5, 0.6) is 0 Å². The highest BCUT2D eigenvalue weighted by atomic mass is 79.9. The predicted octanol–water partition coefficient (Wildman–Crippen LogP) is 3.79. The zero-order chi connectivity index (χ0) is 14.9. The van der Waals surface area contributed by atoms with E-state index in [1.165, 1.54) is 22.7 Å². The monoisotopic (exact) mass is 372 g/mol. The molecule has 2 aromatic heterocycles. The summed E-state index contributed by atoms with van der Waals surface area (Å²) in [6.45, 7) is 3.89. The van der Waals surface area contributed by atoms with Crippen LogP contribution in [0.15, 0.2) is 15.9 Å². The van der Waals surface area contributed by atoms with Gasteiger partial charge in [-0.25, -0.2) is 0 Å². The van der Waals surface area contributed by atoms with Crippen molar-refractivity contribution in [2.24, 2.45) is 5.73 Å². The van der Waals surface area contributed by atoms with E-state index in [0.29, 0.717) is 21.9 Å². The highest BCUT2D eigenvalue weighted by molar-refractivity contribution is 9.11. The number of carbonyl (C=O) groups excluding carboxylic acids is 2. The maximum Gasteiger partial charge on any atom is 0.266 e. The van der Waals surface area contributed by atoms with Crippen LogP contribution in [0.1, 0.15) is 37.4 Å². The second-order valence-corrected chi connectivity index (χ2v) is 7.80. The number of primary amides is 1. The average molecular weight is 373 g/mol. The second kappa shape index (κ2) is 6.07. The number of nitrogens with one attached hydrogen (secondary N) is 1. The summed E-state index contributed by atoms with van der Waals surface area (Å²) in [7, 11) is 0. The summed E-state index contributed by atoms with van der Waals surface area (Å²) in [5.41, 5.74) is 6.77. The Morgan fingerprint density at radius 2 is 2.05 bits per heavy atom. The fraction of sp³-hybridized carbons (Fsp3) is 0.231. The molecule has 0 aromatic carbocycles. The SMILES string of the molecule is CCc1c(C)sc(NC(=O)c2ccc(Br)s2)c1C(N)=O. The van der Waals surface area contributed by atoms with Gasteiger partial charge in [0.1, 0.15) is 5.00 Å². The summed E-state index contributed by atoms with van der Waals surface area (Å²) in [5, 5.41) is 3.31. The molecule has 0 fully saturated rings. The zero-order valence-corrected chi connectivity index (χ0v) is 14.2. The van der Waals surface area contributed by atoms with Gasteiger partial charge < -0.3 is 11.1 Å². The quantitative estimate of drug-likeness (QED) is 0.856. The molecule has 0 bridgehead atoms. The number of thiophene rings is 2. The number of amides is 2. The largest absolute Gasteiger partial charge is 0.365 e. The number of anilines is 1. The molecule has 0 aliphatic heterocycles. The first kappa shape index (κ1) is 15.2. The van der Waals surface area contributed by atoms with Gasteiger partial charge in [-0.2, -0.15) is 0 Å². The first-order chi connectivity index (χ1) is 9.43. The van der Waals surface area contributed by atoms with Crippen molar-refractivity contribution in [3.8, 4) is 0 Å². The molecule has 20 heavy (non-hydrogen) atoms. The van der Waals surface area contributed by atoms with Crippen molar-refractivity contribution in [3.05, 3.63) is 36.8 Å². The minimum atomic E-state index is -0.506. The summed E-state index contributed by atoms with van der Waals surface area (Å²) in [6.07, 6.45) is 0.709. The van der Waals surface area contributed by atoms with E-state index in [4.69, 9.17) is 5.73 Å². The van der Waals surface area contributed by atoms with Crippen molar-refractivity contribution >= 4 is 55.4 Å². The van der Waals surface area contributed by atoms with Crippen molar-refractivity contribution in [1.29, 1.82) is 0 Å². The number of rotatable bonds is 4. The third kappa shape index (κ3) is 2.94. The van der Waals surface area contributed by atoms with E-state index >= 15 is 0 Å². The van der Waals surface area contributed by atoms with E-state index in [1.54, 1.807) is 6.07 Å². The van der Waals surface area contributed by atoms with Gasteiger partial charge >= 0.3 is 0 Å². The van der Waals surface area contributed by atoms with E-state index < -0.39 is 5.91 Å². The molecular formula is C13H13BrN2O2S2. The molecule has 0 saturated heterocycles. The van der Waals surface area contributed by atoms with Crippen LogP contribution >= 0.6 is 38.6 Å². The van der Waals surface area contributed by atoms with Crippen molar-refractivity contribution < 1.29 is 9.59 Å². The van der Waals surface area contributed by atoms with Crippen LogP contribution in [-0.4, -0.2) is 11.8 Å². The first-order valence-corrected chi connectivity index (χ1v) is 8.35. The van der Waals surface area contributed by atoms with Gasteiger partial charge in [-0.3, -0.25) is 9.59 Å². The van der Waals surface area contributed by atoms with E-state index in [1.807, 2.05) is 19.9 Å². The average Bonchev–Trinajstić information content (AvgIpc) is 2.92. The Balaban J connectivity index is 2.34. The summed E-state index contributed by atoms with van der Waals surface area (Å²) in [6, 6.07) is 3.54. The van der Waals surface area contributed by atoms with Crippen LogP contribution in [0.2, 0.25) is 0 Å². The molecule has 0 radical (unpaired) electrons. The molecule has 106 valence electrons. The van der Waals surface area contributed by atoms with E-state index in [9.17, 15) is 9.59 Å². The molecule has 2 heterocycles. The first-order valence-electron chi connectivity index (χ1n) is 5.92. The Hall–Kier alpha value is -1.18. The molecule has 3 N–H and O–H groups in total. The normalized spacial score (nSPS) is 10.6. The summed E-state index contributed by atoms with van der Waals surface area (Å²) < 4.78 is 0.884. The molecule has 2 rings (SSSR count). The number of carbonyl (C=O) groups is 2. The number of hydrogen-bond donors (Lipinski definition) is 2. The van der Waals surface area contributed by atoms with E-state index in [-0.39, 0.29) is 5.91 Å². The van der Waals surface area contributed by atoms with Crippen molar-refractivity contribution in [1.82, 2.24) is 0 Å². The maximum atomic E-state index is 12.1. The predicted molar refractivity (Wildman–Crippen MR) is 86.9 cm³/mol. The maximum absolute atomic E-state index is 12.1. The summed E-state index contributed by atoms with van der Waals surface area (Å²) >= 11 is 6.04. The lowest BCUT2D eigenvalue weighted by atomic mass is 10.1. The van der Waals surface area contributed by atoms with Gasteiger partial charge in [0.25, 0.3) is 11.8 Å². The molecule has 0 spiro atoms. The molecule has 4 nitrogen and oxygen atoms in total. The van der Waals surface area contributed by atoms with E-state index in [2.05, 4.69) is 21.2 Å². The molecule has 0 atom stereocenters. The Morgan fingerprint density at radius 3 is 2.55 bits per heavy atom. The van der Waals surface area contributed by atoms with Crippen LogP contribution < -0.4 is 11.1 Å². The molecule has 0 aliphatic carbocycles. The van der Waals surface area contributed by atoms with Crippen LogP contribution in [0.3, 0.4) is 0 Å². The van der Waals surface area contributed by atoms with E-state index in [0.717, 1.165) is 14.2 Å². The lowest BCUT2D eigenvalue weighted by Crippen LogP contribution is -2.17. The highest BCUT2D eigenvalue weighted by Crippen LogP contribution is 2.34. The molecule has 0 saturated carbocycles. The number of nitrogens with two attached hydrogens (primary N) is 1. The smallest absolute Gasteiger partial charge is 0.266 e. The van der Waals surface area contributed by atoms with Crippen molar-refractivity contribution in [2.45, 2.75) is 20.3 Å². The fourth-order valence-corrected chi connectivity index (χ4v) is 4.38. The number of halogens is 1. The van der Waals surface area contributed by atoms with Crippen molar-refractivity contribution in [3.63, 3.8) is 0 Å². The molecule has 7 heteroatoms. The number of hydrogen-bond acceptors (Lipinski definition) is 4. The van der Waals surface area contributed by atoms with Crippen molar-refractivity contribution in [2.75, 3.05) is 5.32 Å². The van der Waals surface area contributed by atoms with Gasteiger partial charge in [0, 0.05) is 4.88 Å². The van der Waals surface area contributed by atoms with Crippen LogP contribution in [0.25, 0.3) is 0 Å². The van der Waals surface area contributed by atoms with Crippen LogP contribution in [-0.2, 0) is 6.42 Å². The van der Waals surface area contributed by atoms with Crippen LogP contribution in [0.4, 0.5) is 5.00 Å². The fourth-order valence-electron chi connectivity index (χ4n) is 1.95. The van der Waals surface area contributed by atoms with Gasteiger partial charge in [-0.05, 0) is 47.0 Å². The third-order valence-corrected chi connectivity index (χ3v) is 5.52. The Kier molecular flexibility index (Phi) is 4.62. The van der Waals surface area contributed by atoms with Gasteiger partial charge in [0.05, 0.1) is 14.2 Å². The van der Waals surface area contributed by atoms with Gasteiger partial charge in [0.2, 0.25) is 0 Å². The van der Waals surface area contributed by atoms with Gasteiger partial charge in [0.15, 0.2) is 0 Å². The molecule has 0 aliphatic rings. The Labute approximate surface area is 133 Å². The lowest BCUT2D eigenvalue weighted by molar-refractivity contribution is 0.100. The molecule has 0 unspecified atom stereocenters. The molecule has 2 amide bonds. The number of aryl methyl sites for hydroxylation is 1. The lowest BCUT2D eigenvalue weighted by Gasteiger charge is -2.04. The topological polar surface area (TPSA) is 72.2 Å². The molecular weight excluding hydrogens is 360 g/mol. The van der Waals surface area contributed by atoms with Gasteiger partial charge in [-0.1, -0.05) is 6.92 Å². The summed E-state index contributed by atoms with van der Waals surface area (Å²) in [5.74, 6) is -0.735. The zero-order valence-electron chi connectivity index (χ0n) is 11.0. The summed E-state index contributed by atoms with van der Waals surface area (Å²) in [4.78, 5) is 25.3. The highest BCUT2D eigenvalue weighted by Gasteiger charge is 2.21.